The van der Waals surface area contributed by atoms with Crippen molar-refractivity contribution in [2.75, 3.05) is 18.8 Å². The highest BCUT2D eigenvalue weighted by molar-refractivity contribution is 8.00. The Morgan fingerprint density at radius 2 is 2.00 bits per heavy atom. The van der Waals surface area contributed by atoms with E-state index in [2.05, 4.69) is 6.92 Å². The highest BCUT2D eigenvalue weighted by Crippen LogP contribution is 2.32. The second kappa shape index (κ2) is 5.23. The minimum absolute atomic E-state index is 0.109. The summed E-state index contributed by atoms with van der Waals surface area (Å²) >= 11 is 1.87. The monoisotopic (exact) mass is 286 g/mol. The average molecular weight is 286 g/mol. The lowest BCUT2D eigenvalue weighted by atomic mass is 9.99. The average Bonchev–Trinajstić information content (AvgIpc) is 2.75. The SMILES string of the molecule is CC1SCCN(C(=O)N2CCCC2(C)C(=O)O)C1C. The van der Waals surface area contributed by atoms with E-state index in [9.17, 15) is 14.7 Å². The van der Waals surface area contributed by atoms with E-state index in [1.54, 1.807) is 11.8 Å². The third-order valence-electron chi connectivity index (χ3n) is 4.46. The maximum atomic E-state index is 12.7. The first-order chi connectivity index (χ1) is 8.88. The molecule has 108 valence electrons. The molecule has 5 nitrogen and oxygen atoms in total. The molecule has 3 unspecified atom stereocenters. The molecule has 0 aromatic rings. The number of thioether (sulfide) groups is 1. The Hall–Kier alpha value is -0.910. The predicted molar refractivity (Wildman–Crippen MR) is 75.5 cm³/mol. The Balaban J connectivity index is 2.17. The Morgan fingerprint density at radius 3 is 2.63 bits per heavy atom. The number of aliphatic carboxylic acids is 1. The number of rotatable bonds is 1. The van der Waals surface area contributed by atoms with Crippen molar-refractivity contribution >= 4 is 23.8 Å². The van der Waals surface area contributed by atoms with Crippen LogP contribution in [0.1, 0.15) is 33.6 Å². The summed E-state index contributed by atoms with van der Waals surface area (Å²) in [6.45, 7) is 7.08. The first-order valence-electron chi connectivity index (χ1n) is 6.81. The quantitative estimate of drug-likeness (QED) is 0.799. The van der Waals surface area contributed by atoms with E-state index >= 15 is 0 Å². The molecule has 0 saturated carbocycles. The van der Waals surface area contributed by atoms with Crippen molar-refractivity contribution in [3.63, 3.8) is 0 Å². The summed E-state index contributed by atoms with van der Waals surface area (Å²) in [4.78, 5) is 27.5. The Labute approximate surface area is 118 Å². The third kappa shape index (κ3) is 2.42. The van der Waals surface area contributed by atoms with Crippen LogP contribution in [-0.4, -0.2) is 62.6 Å². The van der Waals surface area contributed by atoms with Crippen LogP contribution in [0.5, 0.6) is 0 Å². The number of urea groups is 1. The van der Waals surface area contributed by atoms with Crippen molar-refractivity contribution in [1.82, 2.24) is 9.80 Å². The minimum Gasteiger partial charge on any atom is -0.480 e. The number of amides is 2. The van der Waals surface area contributed by atoms with Crippen LogP contribution >= 0.6 is 11.8 Å². The fourth-order valence-electron chi connectivity index (χ4n) is 2.85. The van der Waals surface area contributed by atoms with Gasteiger partial charge in [0.1, 0.15) is 5.54 Å². The maximum absolute atomic E-state index is 12.7. The van der Waals surface area contributed by atoms with Gasteiger partial charge < -0.3 is 14.9 Å². The molecule has 0 aromatic carbocycles. The highest BCUT2D eigenvalue weighted by Gasteiger charge is 2.48. The molecule has 2 aliphatic heterocycles. The fourth-order valence-corrected chi connectivity index (χ4v) is 3.95. The van der Waals surface area contributed by atoms with Crippen molar-refractivity contribution in [2.45, 2.75) is 50.4 Å². The predicted octanol–water partition coefficient (Wildman–Crippen LogP) is 1.87. The van der Waals surface area contributed by atoms with E-state index in [0.717, 1.165) is 12.2 Å². The largest absolute Gasteiger partial charge is 0.480 e. The van der Waals surface area contributed by atoms with Gasteiger partial charge in [-0.3, -0.25) is 0 Å². The van der Waals surface area contributed by atoms with E-state index in [4.69, 9.17) is 0 Å². The third-order valence-corrected chi connectivity index (χ3v) is 5.80. The number of carbonyl (C=O) groups excluding carboxylic acids is 1. The smallest absolute Gasteiger partial charge is 0.329 e. The van der Waals surface area contributed by atoms with Gasteiger partial charge >= 0.3 is 12.0 Å². The molecular formula is C13H22N2O3S. The number of hydrogen-bond acceptors (Lipinski definition) is 3. The molecule has 0 aromatic heterocycles. The van der Waals surface area contributed by atoms with Gasteiger partial charge in [-0.15, -0.1) is 0 Å². The van der Waals surface area contributed by atoms with Crippen molar-refractivity contribution in [3.05, 3.63) is 0 Å². The van der Waals surface area contributed by atoms with E-state index in [1.165, 1.54) is 0 Å². The fraction of sp³-hybridized carbons (Fsp3) is 0.846. The van der Waals surface area contributed by atoms with Crippen LogP contribution in [0.15, 0.2) is 0 Å². The number of nitrogens with zero attached hydrogens (tertiary/aromatic N) is 2. The minimum atomic E-state index is -1.04. The summed E-state index contributed by atoms with van der Waals surface area (Å²) in [5.41, 5.74) is -1.04. The number of likely N-dealkylation sites (tertiary alicyclic amines) is 1. The van der Waals surface area contributed by atoms with Gasteiger partial charge in [-0.25, -0.2) is 9.59 Å². The molecule has 1 N–H and O–H groups in total. The summed E-state index contributed by atoms with van der Waals surface area (Å²) < 4.78 is 0. The van der Waals surface area contributed by atoms with Crippen LogP contribution in [0.4, 0.5) is 4.79 Å². The van der Waals surface area contributed by atoms with Gasteiger partial charge in [0, 0.05) is 30.1 Å². The highest BCUT2D eigenvalue weighted by atomic mass is 32.2. The normalized spacial score (nSPS) is 35.5. The van der Waals surface area contributed by atoms with Crippen LogP contribution in [-0.2, 0) is 4.79 Å². The van der Waals surface area contributed by atoms with Crippen LogP contribution in [0.3, 0.4) is 0 Å². The van der Waals surface area contributed by atoms with Crippen LogP contribution < -0.4 is 0 Å². The van der Waals surface area contributed by atoms with Gasteiger partial charge in [-0.05, 0) is 26.7 Å². The van der Waals surface area contributed by atoms with E-state index in [0.29, 0.717) is 24.8 Å². The number of hydrogen-bond donors (Lipinski definition) is 1. The Kier molecular flexibility index (Phi) is 3.99. The molecule has 3 atom stereocenters. The van der Waals surface area contributed by atoms with Gasteiger partial charge in [-0.1, -0.05) is 6.92 Å². The Bertz CT molecular complexity index is 390. The van der Waals surface area contributed by atoms with E-state index in [-0.39, 0.29) is 12.1 Å². The first-order valence-corrected chi connectivity index (χ1v) is 7.86. The van der Waals surface area contributed by atoms with Gasteiger partial charge in [0.05, 0.1) is 0 Å². The van der Waals surface area contributed by atoms with Gasteiger partial charge in [-0.2, -0.15) is 11.8 Å². The summed E-state index contributed by atoms with van der Waals surface area (Å²) in [6.07, 6.45) is 1.31. The molecule has 0 aliphatic carbocycles. The molecule has 0 spiro atoms. The lowest BCUT2D eigenvalue weighted by Crippen LogP contribution is -2.59. The molecule has 2 rings (SSSR count). The lowest BCUT2D eigenvalue weighted by molar-refractivity contribution is -0.147. The second-order valence-corrected chi connectivity index (χ2v) is 7.11. The van der Waals surface area contributed by atoms with Gasteiger partial charge in [0.25, 0.3) is 0 Å². The van der Waals surface area contributed by atoms with Crippen molar-refractivity contribution in [2.24, 2.45) is 0 Å². The molecule has 19 heavy (non-hydrogen) atoms. The topological polar surface area (TPSA) is 60.9 Å². The summed E-state index contributed by atoms with van der Waals surface area (Å²) in [6, 6.07) is 0.0481. The molecule has 2 amide bonds. The zero-order valence-corrected chi connectivity index (χ0v) is 12.6. The number of carbonyl (C=O) groups is 2. The molecule has 6 heteroatoms. The number of carboxylic acids is 1. The lowest BCUT2D eigenvalue weighted by Gasteiger charge is -2.42. The molecule has 2 aliphatic rings. The molecule has 2 saturated heterocycles. The van der Waals surface area contributed by atoms with E-state index in [1.807, 2.05) is 23.6 Å². The molecule has 2 heterocycles. The summed E-state index contributed by atoms with van der Waals surface area (Å²) in [7, 11) is 0. The Morgan fingerprint density at radius 1 is 1.32 bits per heavy atom. The van der Waals surface area contributed by atoms with Crippen molar-refractivity contribution in [1.29, 1.82) is 0 Å². The van der Waals surface area contributed by atoms with Crippen LogP contribution in [0.25, 0.3) is 0 Å². The first kappa shape index (κ1) is 14.5. The van der Waals surface area contributed by atoms with Gasteiger partial charge in [0.2, 0.25) is 0 Å². The zero-order chi connectivity index (χ0) is 14.2. The zero-order valence-electron chi connectivity index (χ0n) is 11.8. The van der Waals surface area contributed by atoms with Crippen molar-refractivity contribution in [3.8, 4) is 0 Å². The molecular weight excluding hydrogens is 264 g/mol. The van der Waals surface area contributed by atoms with Crippen LogP contribution in [0, 0.1) is 0 Å². The molecule has 0 radical (unpaired) electrons. The standard InChI is InChI=1S/C13H22N2O3S/c1-9-10(2)19-8-7-14(9)12(18)15-6-4-5-13(15,3)11(16)17/h9-10H,4-8H2,1-3H3,(H,16,17). The molecule has 2 fully saturated rings. The van der Waals surface area contributed by atoms with Crippen molar-refractivity contribution < 1.29 is 14.7 Å². The second-order valence-electron chi connectivity index (χ2n) is 5.63. The molecule has 0 bridgehead atoms. The number of carboxylic acid groups (broad SMARTS) is 1. The summed E-state index contributed by atoms with van der Waals surface area (Å²) in [5, 5.41) is 9.79. The van der Waals surface area contributed by atoms with Crippen LogP contribution in [0.2, 0.25) is 0 Å². The van der Waals surface area contributed by atoms with E-state index < -0.39 is 11.5 Å². The summed E-state index contributed by atoms with van der Waals surface area (Å²) in [5.74, 6) is 0.0277. The maximum Gasteiger partial charge on any atom is 0.329 e. The van der Waals surface area contributed by atoms with Gasteiger partial charge in [0.15, 0.2) is 0 Å².